The van der Waals surface area contributed by atoms with E-state index in [-0.39, 0.29) is 6.10 Å². The quantitative estimate of drug-likeness (QED) is 0.930. The Morgan fingerprint density at radius 3 is 2.85 bits per heavy atom. The van der Waals surface area contributed by atoms with E-state index in [1.54, 1.807) is 0 Å². The molecule has 4 rings (SSSR count). The summed E-state index contributed by atoms with van der Waals surface area (Å²) in [6.07, 6.45) is 1.13. The van der Waals surface area contributed by atoms with Crippen LogP contribution in [-0.4, -0.2) is 19.4 Å². The van der Waals surface area contributed by atoms with Crippen LogP contribution in [0.1, 0.15) is 5.56 Å². The van der Waals surface area contributed by atoms with Gasteiger partial charge >= 0.3 is 0 Å². The highest BCUT2D eigenvalue weighted by atomic mass is 16.7. The molecule has 2 aliphatic heterocycles. The molecule has 0 radical (unpaired) electrons. The lowest BCUT2D eigenvalue weighted by atomic mass is 10.1. The number of benzene rings is 2. The van der Waals surface area contributed by atoms with Crippen LogP contribution < -0.4 is 19.5 Å². The predicted octanol–water partition coefficient (Wildman–Crippen LogP) is 2.83. The summed E-state index contributed by atoms with van der Waals surface area (Å²) in [6, 6.07) is 14.1. The van der Waals surface area contributed by atoms with E-state index >= 15 is 0 Å². The third kappa shape index (κ3) is 2.03. The smallest absolute Gasteiger partial charge is 0.231 e. The Balaban J connectivity index is 1.40. The van der Waals surface area contributed by atoms with Crippen molar-refractivity contribution in [1.29, 1.82) is 0 Å². The first-order chi connectivity index (χ1) is 9.88. The summed E-state index contributed by atoms with van der Waals surface area (Å²) in [5.41, 5.74) is 2.30. The van der Waals surface area contributed by atoms with E-state index in [0.29, 0.717) is 6.79 Å². The highest BCUT2D eigenvalue weighted by molar-refractivity contribution is 5.55. The molecule has 20 heavy (non-hydrogen) atoms. The topological polar surface area (TPSA) is 39.7 Å². The summed E-state index contributed by atoms with van der Waals surface area (Å²) in [5, 5.41) is 3.39. The van der Waals surface area contributed by atoms with E-state index in [0.717, 1.165) is 35.9 Å². The van der Waals surface area contributed by atoms with Crippen molar-refractivity contribution >= 4 is 5.69 Å². The third-order valence-corrected chi connectivity index (χ3v) is 3.62. The fourth-order valence-corrected chi connectivity index (χ4v) is 2.61. The summed E-state index contributed by atoms with van der Waals surface area (Å²) in [4.78, 5) is 0. The standard InChI is InChI=1S/C16H15NO3/c1-2-4-14-11(3-1)7-13(20-14)9-17-12-5-6-15-16(8-12)19-10-18-15/h1-6,8,13,17H,7,9-10H2. The van der Waals surface area contributed by atoms with Crippen molar-refractivity contribution in [3.8, 4) is 17.2 Å². The Morgan fingerprint density at radius 2 is 1.90 bits per heavy atom. The molecule has 2 aliphatic rings. The van der Waals surface area contributed by atoms with Gasteiger partial charge in [-0.25, -0.2) is 0 Å². The number of hydrogen-bond donors (Lipinski definition) is 1. The van der Waals surface area contributed by atoms with E-state index in [1.165, 1.54) is 5.56 Å². The fraction of sp³-hybridized carbons (Fsp3) is 0.250. The van der Waals surface area contributed by atoms with Gasteiger partial charge in [0.25, 0.3) is 0 Å². The lowest BCUT2D eigenvalue weighted by Crippen LogP contribution is -2.23. The zero-order chi connectivity index (χ0) is 13.4. The number of nitrogens with one attached hydrogen (secondary N) is 1. The normalized spacial score (nSPS) is 18.5. The van der Waals surface area contributed by atoms with Gasteiger partial charge in [-0.15, -0.1) is 0 Å². The van der Waals surface area contributed by atoms with Crippen molar-refractivity contribution in [3.63, 3.8) is 0 Å². The minimum atomic E-state index is 0.179. The maximum Gasteiger partial charge on any atom is 0.231 e. The second-order valence-corrected chi connectivity index (χ2v) is 5.00. The molecule has 4 heteroatoms. The van der Waals surface area contributed by atoms with Crippen LogP contribution in [0, 0.1) is 0 Å². The van der Waals surface area contributed by atoms with Gasteiger partial charge in [0.05, 0.1) is 6.54 Å². The third-order valence-electron chi connectivity index (χ3n) is 3.62. The summed E-state index contributed by atoms with van der Waals surface area (Å²) in [6.45, 7) is 1.08. The monoisotopic (exact) mass is 269 g/mol. The number of anilines is 1. The molecule has 4 nitrogen and oxygen atoms in total. The minimum absolute atomic E-state index is 0.179. The molecule has 2 aromatic carbocycles. The van der Waals surface area contributed by atoms with Crippen LogP contribution in [0.4, 0.5) is 5.69 Å². The predicted molar refractivity (Wildman–Crippen MR) is 75.6 cm³/mol. The number of rotatable bonds is 3. The van der Waals surface area contributed by atoms with Crippen molar-refractivity contribution in [3.05, 3.63) is 48.0 Å². The van der Waals surface area contributed by atoms with Crippen LogP contribution in [0.5, 0.6) is 17.2 Å². The molecule has 1 atom stereocenters. The van der Waals surface area contributed by atoms with Crippen molar-refractivity contribution in [2.24, 2.45) is 0 Å². The lowest BCUT2D eigenvalue weighted by molar-refractivity contribution is 0.174. The SMILES string of the molecule is c1ccc2c(c1)CC(CNc1ccc3c(c1)OCO3)O2. The van der Waals surface area contributed by atoms with Gasteiger partial charge in [-0.1, -0.05) is 18.2 Å². The number of para-hydroxylation sites is 1. The van der Waals surface area contributed by atoms with E-state index < -0.39 is 0 Å². The van der Waals surface area contributed by atoms with E-state index in [4.69, 9.17) is 14.2 Å². The molecule has 0 aromatic heterocycles. The molecule has 0 saturated heterocycles. The molecule has 1 N–H and O–H groups in total. The lowest BCUT2D eigenvalue weighted by Gasteiger charge is -2.13. The Kier molecular flexibility index (Phi) is 2.66. The highest BCUT2D eigenvalue weighted by Gasteiger charge is 2.22. The van der Waals surface area contributed by atoms with Gasteiger partial charge in [-0.2, -0.15) is 0 Å². The molecular weight excluding hydrogens is 254 g/mol. The average molecular weight is 269 g/mol. The molecular formula is C16H15NO3. The zero-order valence-corrected chi connectivity index (χ0v) is 11.0. The van der Waals surface area contributed by atoms with Gasteiger partial charge in [0.2, 0.25) is 6.79 Å². The largest absolute Gasteiger partial charge is 0.488 e. The second-order valence-electron chi connectivity index (χ2n) is 5.00. The van der Waals surface area contributed by atoms with Gasteiger partial charge < -0.3 is 19.5 Å². The van der Waals surface area contributed by atoms with E-state index in [2.05, 4.69) is 17.4 Å². The molecule has 2 aromatic rings. The summed E-state index contributed by atoms with van der Waals surface area (Å²) < 4.78 is 16.6. The summed E-state index contributed by atoms with van der Waals surface area (Å²) >= 11 is 0. The zero-order valence-electron chi connectivity index (χ0n) is 11.0. The molecule has 0 fully saturated rings. The first kappa shape index (κ1) is 11.5. The molecule has 1 unspecified atom stereocenters. The maximum absolute atomic E-state index is 5.90. The van der Waals surface area contributed by atoms with Crippen molar-refractivity contribution in [1.82, 2.24) is 0 Å². The van der Waals surface area contributed by atoms with Crippen molar-refractivity contribution < 1.29 is 14.2 Å². The van der Waals surface area contributed by atoms with E-state index in [9.17, 15) is 0 Å². The van der Waals surface area contributed by atoms with Gasteiger partial charge in [0.15, 0.2) is 11.5 Å². The summed E-state index contributed by atoms with van der Waals surface area (Å²) in [5.74, 6) is 2.61. The Bertz CT molecular complexity index is 616. The number of hydrogen-bond acceptors (Lipinski definition) is 4. The first-order valence-electron chi connectivity index (χ1n) is 6.76. The second kappa shape index (κ2) is 4.63. The average Bonchev–Trinajstić information content (AvgIpc) is 3.10. The van der Waals surface area contributed by atoms with Crippen LogP contribution in [-0.2, 0) is 6.42 Å². The van der Waals surface area contributed by atoms with Crippen LogP contribution in [0.25, 0.3) is 0 Å². The minimum Gasteiger partial charge on any atom is -0.488 e. The Hall–Kier alpha value is -2.36. The first-order valence-corrected chi connectivity index (χ1v) is 6.76. The van der Waals surface area contributed by atoms with Crippen LogP contribution in [0.3, 0.4) is 0 Å². The molecule has 0 saturated carbocycles. The molecule has 102 valence electrons. The molecule has 0 bridgehead atoms. The Morgan fingerprint density at radius 1 is 1.00 bits per heavy atom. The van der Waals surface area contributed by atoms with Crippen LogP contribution >= 0.6 is 0 Å². The Labute approximate surface area is 117 Å². The molecule has 0 spiro atoms. The summed E-state index contributed by atoms with van der Waals surface area (Å²) in [7, 11) is 0. The molecule has 2 heterocycles. The van der Waals surface area contributed by atoms with Gasteiger partial charge in [-0.05, 0) is 23.8 Å². The van der Waals surface area contributed by atoms with E-state index in [1.807, 2.05) is 30.3 Å². The fourth-order valence-electron chi connectivity index (χ4n) is 2.61. The number of ether oxygens (including phenoxy) is 3. The highest BCUT2D eigenvalue weighted by Crippen LogP contribution is 2.34. The molecule has 0 aliphatic carbocycles. The maximum atomic E-state index is 5.90. The number of fused-ring (bicyclic) bond motifs is 2. The van der Waals surface area contributed by atoms with Gasteiger partial charge in [-0.3, -0.25) is 0 Å². The van der Waals surface area contributed by atoms with Crippen LogP contribution in [0.15, 0.2) is 42.5 Å². The van der Waals surface area contributed by atoms with Crippen molar-refractivity contribution in [2.45, 2.75) is 12.5 Å². The van der Waals surface area contributed by atoms with Crippen molar-refractivity contribution in [2.75, 3.05) is 18.7 Å². The molecule has 0 amide bonds. The van der Waals surface area contributed by atoms with Gasteiger partial charge in [0.1, 0.15) is 11.9 Å². The van der Waals surface area contributed by atoms with Crippen LogP contribution in [0.2, 0.25) is 0 Å². The van der Waals surface area contributed by atoms with Gasteiger partial charge in [0, 0.05) is 18.2 Å².